The van der Waals surface area contributed by atoms with Gasteiger partial charge in [-0.3, -0.25) is 0 Å². The first-order valence-electron chi connectivity index (χ1n) is 1.55. The minimum absolute atomic E-state index is 0. The molecule has 0 aliphatic carbocycles. The second-order valence-corrected chi connectivity index (χ2v) is 0.838. The Balaban J connectivity index is 0. The molecule has 1 fully saturated rings. The van der Waals surface area contributed by atoms with Gasteiger partial charge in [0.1, 0.15) is 0 Å². The Morgan fingerprint density at radius 3 is 1.71 bits per heavy atom. The molecule has 0 aromatic rings. The average molecular weight is 177 g/mol. The molecule has 0 aromatic carbocycles. The molecule has 1 saturated heterocycles. The maximum Gasteiger partial charge on any atom is 2.00 e. The van der Waals surface area contributed by atoms with Crippen molar-refractivity contribution in [1.29, 1.82) is 0 Å². The van der Waals surface area contributed by atoms with Crippen LogP contribution in [0.15, 0.2) is 0 Å². The van der Waals surface area contributed by atoms with E-state index in [1.165, 1.54) is 6.79 Å². The van der Waals surface area contributed by atoms with E-state index in [1.54, 1.807) is 0 Å². The maximum atomic E-state index is 4.60. The molecule has 2 nitrogen and oxygen atoms in total. The van der Waals surface area contributed by atoms with Gasteiger partial charge in [0.2, 0.25) is 0 Å². The predicted molar refractivity (Wildman–Crippen MR) is 22.0 cm³/mol. The Labute approximate surface area is 69.5 Å². The molecule has 1 aliphatic heterocycles. The van der Waals surface area contributed by atoms with E-state index in [0.717, 1.165) is 13.2 Å². The summed E-state index contributed by atoms with van der Waals surface area (Å²) in [5.74, 6) is 0. The second kappa shape index (κ2) is 7.17. The zero-order valence-electron chi connectivity index (χ0n) is 3.89. The van der Waals surface area contributed by atoms with Gasteiger partial charge < -0.3 is 26.5 Å². The molecule has 1 aliphatic rings. The first-order chi connectivity index (χ1) is 2.50. The quantitative estimate of drug-likeness (QED) is 0.286. The minimum atomic E-state index is 0. The normalized spacial score (nSPS) is 17.1. The second-order valence-electron chi connectivity index (χ2n) is 0.838. The molecule has 7 heavy (non-hydrogen) atoms. The number of hydrogen-bond acceptors (Lipinski definition) is 2. The molecule has 0 N–H and O–H groups in total. The van der Waals surface area contributed by atoms with Crippen molar-refractivity contribution in [1.82, 2.24) is 0 Å². The van der Waals surface area contributed by atoms with E-state index in [9.17, 15) is 0 Å². The molecule has 0 bridgehead atoms. The molecule has 0 unspecified atom stereocenters. The van der Waals surface area contributed by atoms with Gasteiger partial charge in [-0.1, -0.05) is 6.79 Å². The minimum Gasteiger partial charge on any atom is -1.00 e. The van der Waals surface area contributed by atoms with Crippen LogP contribution in [0.2, 0.25) is 0 Å². The predicted octanol–water partition coefficient (Wildman–Crippen LogP) is -3.22. The third-order valence-corrected chi connectivity index (χ3v) is 0.455. The molecule has 0 aromatic heterocycles. The summed E-state index contributed by atoms with van der Waals surface area (Å²) in [6.45, 7) is 2.81. The third-order valence-electron chi connectivity index (χ3n) is 0.455. The van der Waals surface area contributed by atoms with Crippen LogP contribution in [0, 0.1) is 6.79 Å². The Morgan fingerprint density at radius 1 is 1.14 bits per heavy atom. The van der Waals surface area contributed by atoms with Crippen molar-refractivity contribution < 1.29 is 26.5 Å². The SMILES string of the molecule is [Br-].[CH-]1OCCO1.[Mg+2]. The van der Waals surface area contributed by atoms with E-state index >= 15 is 0 Å². The Hall–Kier alpha value is 1.17. The maximum absolute atomic E-state index is 4.60. The van der Waals surface area contributed by atoms with E-state index in [1.807, 2.05) is 0 Å². The largest absolute Gasteiger partial charge is 2.00 e. The number of ether oxygens (including phenoxy) is 2. The zero-order valence-corrected chi connectivity index (χ0v) is 6.89. The van der Waals surface area contributed by atoms with E-state index in [0.29, 0.717) is 0 Å². The Bertz CT molecular complexity index is 24.5. The fraction of sp³-hybridized carbons (Fsp3) is 0.667. The number of halogens is 1. The van der Waals surface area contributed by atoms with Gasteiger partial charge in [0, 0.05) is 13.2 Å². The molecule has 38 valence electrons. The third kappa shape index (κ3) is 5.03. The molecule has 0 atom stereocenters. The fourth-order valence-corrected chi connectivity index (χ4v) is 0.241. The van der Waals surface area contributed by atoms with Crippen molar-refractivity contribution in [3.05, 3.63) is 6.79 Å². The Kier molecular flexibility index (Phi) is 11.3. The van der Waals surface area contributed by atoms with E-state index < -0.39 is 0 Å². The van der Waals surface area contributed by atoms with Crippen LogP contribution in [0.5, 0.6) is 0 Å². The van der Waals surface area contributed by atoms with Crippen molar-refractivity contribution >= 4 is 23.1 Å². The summed E-state index contributed by atoms with van der Waals surface area (Å²) in [4.78, 5) is 0. The summed E-state index contributed by atoms with van der Waals surface area (Å²) in [5, 5.41) is 0. The van der Waals surface area contributed by atoms with Crippen molar-refractivity contribution in [2.24, 2.45) is 0 Å². The van der Waals surface area contributed by atoms with Crippen LogP contribution in [-0.4, -0.2) is 36.3 Å². The van der Waals surface area contributed by atoms with E-state index in [-0.39, 0.29) is 40.0 Å². The van der Waals surface area contributed by atoms with Gasteiger partial charge in [-0.15, -0.1) is 0 Å². The van der Waals surface area contributed by atoms with Gasteiger partial charge in [0.15, 0.2) is 0 Å². The average Bonchev–Trinajstić information content (AvgIpc) is 1.76. The van der Waals surface area contributed by atoms with Crippen molar-refractivity contribution in [3.63, 3.8) is 0 Å². The van der Waals surface area contributed by atoms with E-state index in [2.05, 4.69) is 9.47 Å². The van der Waals surface area contributed by atoms with Gasteiger partial charge in [-0.05, 0) is 0 Å². The van der Waals surface area contributed by atoms with Gasteiger partial charge >= 0.3 is 23.1 Å². The van der Waals surface area contributed by atoms with Crippen LogP contribution in [0.25, 0.3) is 0 Å². The van der Waals surface area contributed by atoms with Gasteiger partial charge in [-0.25, -0.2) is 0 Å². The first kappa shape index (κ1) is 11.0. The van der Waals surface area contributed by atoms with Gasteiger partial charge in [0.05, 0.1) is 0 Å². The van der Waals surface area contributed by atoms with Gasteiger partial charge in [-0.2, -0.15) is 0 Å². The molecule has 0 radical (unpaired) electrons. The van der Waals surface area contributed by atoms with Crippen LogP contribution >= 0.6 is 0 Å². The van der Waals surface area contributed by atoms with Crippen LogP contribution in [0.1, 0.15) is 0 Å². The van der Waals surface area contributed by atoms with E-state index in [4.69, 9.17) is 0 Å². The zero-order chi connectivity index (χ0) is 3.54. The smallest absolute Gasteiger partial charge is 1.00 e. The fourth-order valence-electron chi connectivity index (χ4n) is 0.241. The summed E-state index contributed by atoms with van der Waals surface area (Å²) in [6.07, 6.45) is 0. The topological polar surface area (TPSA) is 18.5 Å². The molecular weight excluding hydrogens is 172 g/mol. The number of rotatable bonds is 0. The summed E-state index contributed by atoms with van der Waals surface area (Å²) in [7, 11) is 0. The van der Waals surface area contributed by atoms with Crippen LogP contribution < -0.4 is 17.0 Å². The molecule has 4 heteroatoms. The van der Waals surface area contributed by atoms with Gasteiger partial charge in [0.25, 0.3) is 0 Å². The molecule has 0 spiro atoms. The van der Waals surface area contributed by atoms with Crippen molar-refractivity contribution in [3.8, 4) is 0 Å². The molecule has 1 rings (SSSR count). The summed E-state index contributed by atoms with van der Waals surface area (Å²) >= 11 is 0. The summed E-state index contributed by atoms with van der Waals surface area (Å²) < 4.78 is 9.19. The monoisotopic (exact) mass is 176 g/mol. The van der Waals surface area contributed by atoms with Crippen LogP contribution in [-0.2, 0) is 9.47 Å². The molecular formula is C3H5BrMgO2. The first-order valence-corrected chi connectivity index (χ1v) is 1.55. The van der Waals surface area contributed by atoms with Crippen LogP contribution in [0.3, 0.4) is 0 Å². The molecule has 1 heterocycles. The molecule has 0 amide bonds. The summed E-state index contributed by atoms with van der Waals surface area (Å²) in [6, 6.07) is 0. The van der Waals surface area contributed by atoms with Crippen molar-refractivity contribution in [2.45, 2.75) is 0 Å². The van der Waals surface area contributed by atoms with Crippen molar-refractivity contribution in [2.75, 3.05) is 13.2 Å². The van der Waals surface area contributed by atoms with Crippen LogP contribution in [0.4, 0.5) is 0 Å². The Morgan fingerprint density at radius 2 is 1.57 bits per heavy atom. The number of hydrogen-bond donors (Lipinski definition) is 0. The molecule has 0 saturated carbocycles. The summed E-state index contributed by atoms with van der Waals surface area (Å²) in [5.41, 5.74) is 0. The standard InChI is InChI=1S/C3H5O2.BrH.Mg/c1-2-5-3-4-1;;/h3H,1-2H2;1H;/q-1;;+2/p-1.